The summed E-state index contributed by atoms with van der Waals surface area (Å²) < 4.78 is 25.6. The highest BCUT2D eigenvalue weighted by molar-refractivity contribution is 5.21. The van der Waals surface area contributed by atoms with E-state index in [1.54, 1.807) is 6.92 Å². The van der Waals surface area contributed by atoms with Crippen molar-refractivity contribution in [1.29, 1.82) is 0 Å². The number of hydrazine groups is 1. The molecule has 0 heterocycles. The molecule has 0 fully saturated rings. The molecule has 1 aromatic carbocycles. The van der Waals surface area contributed by atoms with E-state index in [4.69, 9.17) is 5.84 Å². The van der Waals surface area contributed by atoms with Gasteiger partial charge in [-0.25, -0.2) is 8.78 Å². The number of nitrogens with two attached hydrogens (primary N) is 1. The SMILES string of the molecule is C[C@@H](NN)c1cc(F)ccc1F. The monoisotopic (exact) mass is 172 g/mol. The molecule has 0 radical (unpaired) electrons. The van der Waals surface area contributed by atoms with Gasteiger partial charge in [0.15, 0.2) is 0 Å². The molecule has 1 atom stereocenters. The van der Waals surface area contributed by atoms with Crippen LogP contribution in [0.4, 0.5) is 8.78 Å². The lowest BCUT2D eigenvalue weighted by Crippen LogP contribution is -2.26. The molecule has 0 amide bonds. The Balaban J connectivity index is 3.04. The van der Waals surface area contributed by atoms with Crippen LogP contribution in [0.2, 0.25) is 0 Å². The van der Waals surface area contributed by atoms with Crippen molar-refractivity contribution in [2.45, 2.75) is 13.0 Å². The third kappa shape index (κ3) is 1.78. The van der Waals surface area contributed by atoms with Gasteiger partial charge >= 0.3 is 0 Å². The van der Waals surface area contributed by atoms with Gasteiger partial charge in [-0.15, -0.1) is 0 Å². The smallest absolute Gasteiger partial charge is 0.128 e. The van der Waals surface area contributed by atoms with Gasteiger partial charge in [0.2, 0.25) is 0 Å². The molecular weight excluding hydrogens is 162 g/mol. The first-order valence-corrected chi connectivity index (χ1v) is 3.56. The van der Waals surface area contributed by atoms with Crippen LogP contribution in [0.5, 0.6) is 0 Å². The molecule has 0 aliphatic heterocycles. The van der Waals surface area contributed by atoms with Crippen LogP contribution in [-0.4, -0.2) is 0 Å². The molecule has 0 aromatic heterocycles. The van der Waals surface area contributed by atoms with Gasteiger partial charge in [0.05, 0.1) is 0 Å². The fourth-order valence-electron chi connectivity index (χ4n) is 0.936. The molecule has 0 saturated heterocycles. The highest BCUT2D eigenvalue weighted by atomic mass is 19.1. The van der Waals surface area contributed by atoms with Crippen molar-refractivity contribution in [3.05, 3.63) is 35.4 Å². The first-order chi connectivity index (χ1) is 5.65. The molecule has 0 saturated carbocycles. The van der Waals surface area contributed by atoms with Gasteiger partial charge in [-0.3, -0.25) is 11.3 Å². The molecule has 1 rings (SSSR count). The summed E-state index contributed by atoms with van der Waals surface area (Å²) >= 11 is 0. The number of rotatable bonds is 2. The van der Waals surface area contributed by atoms with Gasteiger partial charge in [0.25, 0.3) is 0 Å². The molecule has 0 unspecified atom stereocenters. The van der Waals surface area contributed by atoms with E-state index < -0.39 is 11.6 Å². The van der Waals surface area contributed by atoms with Crippen LogP contribution in [0.15, 0.2) is 18.2 Å². The van der Waals surface area contributed by atoms with Crippen LogP contribution >= 0.6 is 0 Å². The van der Waals surface area contributed by atoms with E-state index in [0.717, 1.165) is 18.2 Å². The molecule has 4 heteroatoms. The second-order valence-electron chi connectivity index (χ2n) is 2.55. The van der Waals surface area contributed by atoms with Gasteiger partial charge in [-0.2, -0.15) is 0 Å². The standard InChI is InChI=1S/C8H10F2N2/c1-5(12-11)7-4-6(9)2-3-8(7)10/h2-5,12H,11H2,1H3/t5-/m1/s1. The third-order valence-electron chi connectivity index (χ3n) is 1.67. The van der Waals surface area contributed by atoms with Crippen LogP contribution in [0, 0.1) is 11.6 Å². The van der Waals surface area contributed by atoms with E-state index in [2.05, 4.69) is 5.43 Å². The first-order valence-electron chi connectivity index (χ1n) is 3.56. The molecule has 1 aromatic rings. The topological polar surface area (TPSA) is 38.0 Å². The number of hydrogen-bond acceptors (Lipinski definition) is 2. The largest absolute Gasteiger partial charge is 0.271 e. The van der Waals surface area contributed by atoms with Crippen molar-refractivity contribution >= 4 is 0 Å². The van der Waals surface area contributed by atoms with Crippen LogP contribution in [-0.2, 0) is 0 Å². The molecule has 3 N–H and O–H groups in total. The van der Waals surface area contributed by atoms with Crippen molar-refractivity contribution in [2.24, 2.45) is 5.84 Å². The normalized spacial score (nSPS) is 13.0. The van der Waals surface area contributed by atoms with E-state index in [0.29, 0.717) is 0 Å². The second-order valence-corrected chi connectivity index (χ2v) is 2.55. The van der Waals surface area contributed by atoms with Crippen molar-refractivity contribution < 1.29 is 8.78 Å². The minimum absolute atomic E-state index is 0.234. The second kappa shape index (κ2) is 3.60. The Bertz CT molecular complexity index is 276. The zero-order chi connectivity index (χ0) is 9.14. The highest BCUT2D eigenvalue weighted by Gasteiger charge is 2.09. The minimum atomic E-state index is -0.464. The average molecular weight is 172 g/mol. The fourth-order valence-corrected chi connectivity index (χ4v) is 0.936. The summed E-state index contributed by atoms with van der Waals surface area (Å²) in [6, 6.07) is 2.89. The fraction of sp³-hybridized carbons (Fsp3) is 0.250. The van der Waals surface area contributed by atoms with Gasteiger partial charge < -0.3 is 0 Å². The maximum atomic E-state index is 12.9. The Labute approximate surface area is 69.4 Å². The van der Waals surface area contributed by atoms with E-state index in [-0.39, 0.29) is 11.6 Å². The summed E-state index contributed by atoms with van der Waals surface area (Å²) in [5, 5.41) is 0. The number of benzene rings is 1. The lowest BCUT2D eigenvalue weighted by molar-refractivity contribution is 0.530. The molecule has 0 aliphatic carbocycles. The van der Waals surface area contributed by atoms with Gasteiger partial charge in [-0.05, 0) is 25.1 Å². The van der Waals surface area contributed by atoms with E-state index >= 15 is 0 Å². The maximum absolute atomic E-state index is 12.9. The Hall–Kier alpha value is -1.00. The zero-order valence-electron chi connectivity index (χ0n) is 6.64. The summed E-state index contributed by atoms with van der Waals surface area (Å²) in [6.45, 7) is 1.65. The predicted molar refractivity (Wildman–Crippen MR) is 42.1 cm³/mol. The van der Waals surface area contributed by atoms with Crippen LogP contribution in [0.1, 0.15) is 18.5 Å². The summed E-state index contributed by atoms with van der Waals surface area (Å²) in [4.78, 5) is 0. The van der Waals surface area contributed by atoms with Gasteiger partial charge in [-0.1, -0.05) is 0 Å². The van der Waals surface area contributed by atoms with Crippen LogP contribution < -0.4 is 11.3 Å². The van der Waals surface area contributed by atoms with Gasteiger partial charge in [0, 0.05) is 11.6 Å². The number of nitrogens with one attached hydrogen (secondary N) is 1. The maximum Gasteiger partial charge on any atom is 0.128 e. The highest BCUT2D eigenvalue weighted by Crippen LogP contribution is 2.16. The van der Waals surface area contributed by atoms with Crippen molar-refractivity contribution in [3.63, 3.8) is 0 Å². The first kappa shape index (κ1) is 9.09. The predicted octanol–water partition coefficient (Wildman–Crippen LogP) is 1.49. The van der Waals surface area contributed by atoms with Gasteiger partial charge in [0.1, 0.15) is 11.6 Å². The average Bonchev–Trinajstić information content (AvgIpc) is 2.08. The molecule has 66 valence electrons. The quantitative estimate of drug-likeness (QED) is 0.524. The Kier molecular flexibility index (Phi) is 2.73. The summed E-state index contributed by atoms with van der Waals surface area (Å²) in [6.07, 6.45) is 0. The van der Waals surface area contributed by atoms with Crippen molar-refractivity contribution in [1.82, 2.24) is 5.43 Å². The van der Waals surface area contributed by atoms with E-state index in [9.17, 15) is 8.78 Å². The zero-order valence-corrected chi connectivity index (χ0v) is 6.64. The van der Waals surface area contributed by atoms with E-state index in [1.165, 1.54) is 0 Å². The molecular formula is C8H10F2N2. The molecule has 2 nitrogen and oxygen atoms in total. The lowest BCUT2D eigenvalue weighted by atomic mass is 10.1. The van der Waals surface area contributed by atoms with Crippen molar-refractivity contribution in [3.8, 4) is 0 Å². The molecule has 0 bridgehead atoms. The summed E-state index contributed by atoms with van der Waals surface area (Å²) in [7, 11) is 0. The van der Waals surface area contributed by atoms with Crippen molar-refractivity contribution in [2.75, 3.05) is 0 Å². The third-order valence-corrected chi connectivity index (χ3v) is 1.67. The van der Waals surface area contributed by atoms with Crippen LogP contribution in [0.25, 0.3) is 0 Å². The number of hydrogen-bond donors (Lipinski definition) is 2. The Morgan fingerprint density at radius 3 is 2.67 bits per heavy atom. The Morgan fingerprint density at radius 2 is 2.08 bits per heavy atom. The lowest BCUT2D eigenvalue weighted by Gasteiger charge is -2.10. The molecule has 0 spiro atoms. The van der Waals surface area contributed by atoms with Crippen LogP contribution in [0.3, 0.4) is 0 Å². The summed E-state index contributed by atoms with van der Waals surface area (Å²) in [5.74, 6) is 4.16. The molecule has 0 aliphatic rings. The number of halogens is 2. The van der Waals surface area contributed by atoms with E-state index in [1.807, 2.05) is 0 Å². The Morgan fingerprint density at radius 1 is 1.42 bits per heavy atom. The summed E-state index contributed by atoms with van der Waals surface area (Å²) in [5.41, 5.74) is 2.58. The molecule has 12 heavy (non-hydrogen) atoms. The minimum Gasteiger partial charge on any atom is -0.271 e.